The van der Waals surface area contributed by atoms with Crippen molar-refractivity contribution in [1.29, 1.82) is 0 Å². The number of carbonyl (C=O) groups excluding carboxylic acids is 1. The SMILES string of the molecule is CCCN1c2cc(OC)c(C=Nc3cccc(C(=O)OC)c3)cc2C(C)CC1(C)C. The lowest BCUT2D eigenvalue weighted by Gasteiger charge is -2.47. The van der Waals surface area contributed by atoms with Crippen molar-refractivity contribution in [1.82, 2.24) is 0 Å². The third-order valence-corrected chi connectivity index (χ3v) is 5.80. The molecule has 1 unspecified atom stereocenters. The van der Waals surface area contributed by atoms with Gasteiger partial charge in [0, 0.05) is 35.6 Å². The van der Waals surface area contributed by atoms with E-state index in [0.29, 0.717) is 17.2 Å². The molecule has 0 aromatic heterocycles. The molecule has 0 bridgehead atoms. The summed E-state index contributed by atoms with van der Waals surface area (Å²) in [6, 6.07) is 11.5. The van der Waals surface area contributed by atoms with E-state index in [9.17, 15) is 4.79 Å². The first kappa shape index (κ1) is 21.9. The number of carbonyl (C=O) groups is 1. The van der Waals surface area contributed by atoms with Crippen molar-refractivity contribution < 1.29 is 14.3 Å². The quantitative estimate of drug-likeness (QED) is 0.452. The third kappa shape index (κ3) is 4.35. The maximum atomic E-state index is 11.8. The average Bonchev–Trinajstić information content (AvgIpc) is 2.73. The zero-order chi connectivity index (χ0) is 21.9. The van der Waals surface area contributed by atoms with Gasteiger partial charge in [-0.1, -0.05) is 19.9 Å². The van der Waals surface area contributed by atoms with Crippen molar-refractivity contribution in [3.63, 3.8) is 0 Å². The van der Waals surface area contributed by atoms with Gasteiger partial charge in [-0.25, -0.2) is 4.79 Å². The zero-order valence-electron chi connectivity index (χ0n) is 18.9. The Morgan fingerprint density at radius 1 is 1.27 bits per heavy atom. The summed E-state index contributed by atoms with van der Waals surface area (Å²) < 4.78 is 10.5. The van der Waals surface area contributed by atoms with E-state index in [-0.39, 0.29) is 11.5 Å². The van der Waals surface area contributed by atoms with Gasteiger partial charge in [0.2, 0.25) is 0 Å². The van der Waals surface area contributed by atoms with E-state index in [0.717, 1.165) is 30.7 Å². The van der Waals surface area contributed by atoms with Gasteiger partial charge in [0.25, 0.3) is 0 Å². The monoisotopic (exact) mass is 408 g/mol. The number of rotatable bonds is 6. The lowest BCUT2D eigenvalue weighted by molar-refractivity contribution is 0.0600. The molecule has 1 atom stereocenters. The Bertz CT molecular complexity index is 949. The third-order valence-electron chi connectivity index (χ3n) is 5.80. The largest absolute Gasteiger partial charge is 0.496 e. The molecule has 0 saturated heterocycles. The highest BCUT2D eigenvalue weighted by atomic mass is 16.5. The summed E-state index contributed by atoms with van der Waals surface area (Å²) >= 11 is 0. The number of hydrogen-bond acceptors (Lipinski definition) is 5. The predicted octanol–water partition coefficient (Wildman–Crippen LogP) is 5.73. The number of ether oxygens (including phenoxy) is 2. The molecule has 0 amide bonds. The van der Waals surface area contributed by atoms with Gasteiger partial charge in [-0.3, -0.25) is 4.99 Å². The van der Waals surface area contributed by atoms with Crippen LogP contribution in [0.1, 0.15) is 67.9 Å². The van der Waals surface area contributed by atoms with Crippen molar-refractivity contribution in [2.45, 2.75) is 52.0 Å². The Labute approximate surface area is 179 Å². The molecule has 3 rings (SSSR count). The summed E-state index contributed by atoms with van der Waals surface area (Å²) in [6.07, 6.45) is 4.01. The van der Waals surface area contributed by atoms with E-state index < -0.39 is 0 Å². The smallest absolute Gasteiger partial charge is 0.337 e. The maximum Gasteiger partial charge on any atom is 0.337 e. The summed E-state index contributed by atoms with van der Waals surface area (Å²) in [5.41, 5.74) is 4.80. The summed E-state index contributed by atoms with van der Waals surface area (Å²) in [6.45, 7) is 10.2. The van der Waals surface area contributed by atoms with Crippen molar-refractivity contribution in [2.75, 3.05) is 25.7 Å². The Hall–Kier alpha value is -2.82. The molecule has 5 nitrogen and oxygen atoms in total. The van der Waals surface area contributed by atoms with E-state index in [2.05, 4.69) is 49.7 Å². The van der Waals surface area contributed by atoms with Crippen LogP contribution in [0.4, 0.5) is 11.4 Å². The van der Waals surface area contributed by atoms with E-state index >= 15 is 0 Å². The highest BCUT2D eigenvalue weighted by molar-refractivity contribution is 5.91. The molecule has 1 heterocycles. The first-order valence-corrected chi connectivity index (χ1v) is 10.5. The zero-order valence-corrected chi connectivity index (χ0v) is 18.9. The van der Waals surface area contributed by atoms with Gasteiger partial charge in [0.1, 0.15) is 5.75 Å². The molecule has 0 radical (unpaired) electrons. The number of aliphatic imine (C=N–C) groups is 1. The lowest BCUT2D eigenvalue weighted by atomic mass is 9.79. The first-order valence-electron chi connectivity index (χ1n) is 10.5. The van der Waals surface area contributed by atoms with E-state index in [1.807, 2.05) is 12.3 Å². The van der Waals surface area contributed by atoms with Crippen molar-refractivity contribution in [3.8, 4) is 5.75 Å². The van der Waals surface area contributed by atoms with Crippen LogP contribution in [-0.4, -0.2) is 38.5 Å². The Morgan fingerprint density at radius 2 is 2.03 bits per heavy atom. The molecule has 0 aliphatic carbocycles. The normalized spacial score (nSPS) is 17.7. The molecule has 1 aliphatic heterocycles. The molecule has 30 heavy (non-hydrogen) atoms. The van der Waals surface area contributed by atoms with Gasteiger partial charge in [0.15, 0.2) is 0 Å². The maximum absolute atomic E-state index is 11.8. The number of esters is 1. The minimum absolute atomic E-state index is 0.109. The molecule has 160 valence electrons. The number of anilines is 1. The summed E-state index contributed by atoms with van der Waals surface area (Å²) in [4.78, 5) is 18.9. The topological polar surface area (TPSA) is 51.1 Å². The van der Waals surface area contributed by atoms with Gasteiger partial charge in [-0.05, 0) is 62.4 Å². The standard InChI is InChI=1S/C25H32N2O3/c1-7-11-27-22-14-23(29-5)19(13-21(22)17(2)15-25(27,3)4)16-26-20-10-8-9-18(12-20)24(28)30-6/h8-10,12-14,16-17H,7,11,15H2,1-6H3. The summed E-state index contributed by atoms with van der Waals surface area (Å²) in [7, 11) is 3.07. The van der Waals surface area contributed by atoms with Crippen LogP contribution in [0.2, 0.25) is 0 Å². The molecule has 0 spiro atoms. The van der Waals surface area contributed by atoms with Gasteiger partial charge in [-0.2, -0.15) is 0 Å². The molecule has 0 saturated carbocycles. The number of benzene rings is 2. The van der Waals surface area contributed by atoms with Gasteiger partial charge in [-0.15, -0.1) is 0 Å². The summed E-state index contributed by atoms with van der Waals surface area (Å²) in [5.74, 6) is 0.877. The fourth-order valence-corrected chi connectivity index (χ4v) is 4.43. The Kier molecular flexibility index (Phi) is 6.49. The second-order valence-corrected chi connectivity index (χ2v) is 8.52. The highest BCUT2D eigenvalue weighted by Crippen LogP contribution is 2.45. The Morgan fingerprint density at radius 3 is 2.70 bits per heavy atom. The fourth-order valence-electron chi connectivity index (χ4n) is 4.43. The van der Waals surface area contributed by atoms with Gasteiger partial charge < -0.3 is 14.4 Å². The molecule has 0 fully saturated rings. The van der Waals surface area contributed by atoms with Gasteiger partial charge in [0.05, 0.1) is 25.5 Å². The molecular weight excluding hydrogens is 376 g/mol. The second-order valence-electron chi connectivity index (χ2n) is 8.52. The van der Waals surface area contributed by atoms with Gasteiger partial charge >= 0.3 is 5.97 Å². The average molecular weight is 409 g/mol. The van der Waals surface area contributed by atoms with Crippen LogP contribution in [0.15, 0.2) is 41.4 Å². The van der Waals surface area contributed by atoms with Crippen LogP contribution in [0.25, 0.3) is 0 Å². The van der Waals surface area contributed by atoms with Crippen molar-refractivity contribution in [3.05, 3.63) is 53.1 Å². The number of nitrogens with zero attached hydrogens (tertiary/aromatic N) is 2. The van der Waals surface area contributed by atoms with Crippen LogP contribution in [0, 0.1) is 0 Å². The lowest BCUT2D eigenvalue weighted by Crippen LogP contribution is -2.48. The molecule has 5 heteroatoms. The minimum Gasteiger partial charge on any atom is -0.496 e. The fraction of sp³-hybridized carbons (Fsp3) is 0.440. The Balaban J connectivity index is 2.00. The molecular formula is C25H32N2O3. The second kappa shape index (κ2) is 8.90. The van der Waals surface area contributed by atoms with Crippen LogP contribution in [0.3, 0.4) is 0 Å². The number of hydrogen-bond donors (Lipinski definition) is 0. The van der Waals surface area contributed by atoms with Crippen LogP contribution < -0.4 is 9.64 Å². The summed E-state index contributed by atoms with van der Waals surface area (Å²) in [5, 5.41) is 0. The molecule has 1 aliphatic rings. The van der Waals surface area contributed by atoms with Crippen molar-refractivity contribution in [2.24, 2.45) is 4.99 Å². The van der Waals surface area contributed by atoms with E-state index in [4.69, 9.17) is 9.47 Å². The highest BCUT2D eigenvalue weighted by Gasteiger charge is 2.36. The first-order chi connectivity index (χ1) is 14.3. The predicted molar refractivity (Wildman–Crippen MR) is 123 cm³/mol. The van der Waals surface area contributed by atoms with Crippen molar-refractivity contribution >= 4 is 23.6 Å². The molecule has 2 aromatic carbocycles. The van der Waals surface area contributed by atoms with E-state index in [1.54, 1.807) is 25.3 Å². The van der Waals surface area contributed by atoms with Crippen LogP contribution >= 0.6 is 0 Å². The molecule has 2 aromatic rings. The number of fused-ring (bicyclic) bond motifs is 1. The molecule has 0 N–H and O–H groups in total. The van der Waals surface area contributed by atoms with Crippen LogP contribution in [-0.2, 0) is 4.74 Å². The van der Waals surface area contributed by atoms with Crippen LogP contribution in [0.5, 0.6) is 5.75 Å². The van der Waals surface area contributed by atoms with E-state index in [1.165, 1.54) is 18.4 Å². The number of methoxy groups -OCH3 is 2. The minimum atomic E-state index is -0.370.